The Morgan fingerprint density at radius 3 is 2.18 bits per heavy atom. The summed E-state index contributed by atoms with van der Waals surface area (Å²) in [4.78, 5) is 39.4. The van der Waals surface area contributed by atoms with Crippen molar-refractivity contribution in [2.45, 2.75) is 20.0 Å². The van der Waals surface area contributed by atoms with Gasteiger partial charge in [0.2, 0.25) is 0 Å². The molecule has 0 aliphatic heterocycles. The molecule has 0 saturated carbocycles. The number of ether oxygens (including phenoxy) is 1. The molecule has 0 spiro atoms. The van der Waals surface area contributed by atoms with Gasteiger partial charge in [-0.3, -0.25) is 9.36 Å². The first-order valence-corrected chi connectivity index (χ1v) is 6.48. The van der Waals surface area contributed by atoms with Gasteiger partial charge in [0.25, 0.3) is 0 Å². The number of rotatable bonds is 6. The van der Waals surface area contributed by atoms with Gasteiger partial charge in [-0.2, -0.15) is 0 Å². The topological polar surface area (TPSA) is 121 Å². The van der Waals surface area contributed by atoms with E-state index in [1.54, 1.807) is 0 Å². The molecule has 17 heavy (non-hydrogen) atoms. The Morgan fingerprint density at radius 1 is 1.41 bits per heavy atom. The minimum atomic E-state index is -4.49. The number of carboxylic acids is 1. The van der Waals surface area contributed by atoms with Crippen LogP contribution in [0.2, 0.25) is 0 Å². The maximum absolute atomic E-state index is 11.1. The molecule has 0 aromatic rings. The van der Waals surface area contributed by atoms with Gasteiger partial charge in [-0.1, -0.05) is 6.58 Å². The van der Waals surface area contributed by atoms with Gasteiger partial charge in [0.1, 0.15) is 12.0 Å². The lowest BCUT2D eigenvalue weighted by Gasteiger charge is -2.20. The zero-order valence-corrected chi connectivity index (χ0v) is 10.4. The third kappa shape index (κ3) is 6.21. The van der Waals surface area contributed by atoms with Crippen LogP contribution in [0.5, 0.6) is 0 Å². The monoisotopic (exact) mass is 266 g/mol. The fraction of sp³-hybridized carbons (Fsp3) is 0.556. The van der Waals surface area contributed by atoms with Crippen molar-refractivity contribution >= 4 is 19.5 Å². The molecule has 0 aliphatic carbocycles. The maximum atomic E-state index is 11.1. The Hall–Kier alpha value is -1.17. The van der Waals surface area contributed by atoms with E-state index in [0.29, 0.717) is 0 Å². The van der Waals surface area contributed by atoms with Crippen LogP contribution in [0, 0.1) is 5.92 Å². The van der Waals surface area contributed by atoms with Crippen LogP contribution in [0.1, 0.15) is 13.8 Å². The Balaban J connectivity index is 4.73. The van der Waals surface area contributed by atoms with Gasteiger partial charge in [0.15, 0.2) is 0 Å². The van der Waals surface area contributed by atoms with Gasteiger partial charge < -0.3 is 19.6 Å². The highest BCUT2D eigenvalue weighted by atomic mass is 31.2. The second-order valence-electron chi connectivity index (χ2n) is 3.68. The van der Waals surface area contributed by atoms with Crippen LogP contribution in [0.4, 0.5) is 0 Å². The fourth-order valence-electron chi connectivity index (χ4n) is 1.04. The molecule has 0 saturated heterocycles. The van der Waals surface area contributed by atoms with E-state index >= 15 is 0 Å². The van der Waals surface area contributed by atoms with Crippen LogP contribution >= 0.6 is 7.60 Å². The molecule has 7 nitrogen and oxygen atoms in total. The van der Waals surface area contributed by atoms with E-state index in [2.05, 4.69) is 6.58 Å². The van der Waals surface area contributed by atoms with Gasteiger partial charge in [-0.25, -0.2) is 4.79 Å². The van der Waals surface area contributed by atoms with Crippen LogP contribution in [-0.2, 0) is 18.9 Å². The molecule has 0 fully saturated rings. The fourth-order valence-corrected chi connectivity index (χ4v) is 2.00. The van der Waals surface area contributed by atoms with Crippen molar-refractivity contribution in [1.82, 2.24) is 0 Å². The average Bonchev–Trinajstić information content (AvgIpc) is 2.11. The molecule has 2 unspecified atom stereocenters. The molecule has 0 aliphatic rings. The van der Waals surface area contributed by atoms with Crippen molar-refractivity contribution < 1.29 is 33.8 Å². The molecule has 0 heterocycles. The summed E-state index contributed by atoms with van der Waals surface area (Å²) in [5, 5.41) is 8.80. The Labute approximate surface area is 98.3 Å². The molecule has 2 atom stereocenters. The Morgan fingerprint density at radius 2 is 1.88 bits per heavy atom. The van der Waals surface area contributed by atoms with E-state index in [1.165, 1.54) is 13.8 Å². The van der Waals surface area contributed by atoms with Crippen molar-refractivity contribution in [2.24, 2.45) is 5.92 Å². The van der Waals surface area contributed by atoms with Crippen molar-refractivity contribution in [3.8, 4) is 0 Å². The lowest BCUT2D eigenvalue weighted by molar-refractivity contribution is -0.153. The maximum Gasteiger partial charge on any atom is 0.333 e. The summed E-state index contributed by atoms with van der Waals surface area (Å²) in [7, 11) is -4.49. The van der Waals surface area contributed by atoms with Gasteiger partial charge in [-0.15, -0.1) is 0 Å². The summed E-state index contributed by atoms with van der Waals surface area (Å²) in [5.41, 5.74) is 0.0807. The standard InChI is InChI=1S/C9H15O7P/c1-5(2)9(12)16-6(3)7(8(10)11)4-17(13,14)15/h6-7H,1,4H2,2-3H3,(H,10,11)(H2,13,14,15). The molecule has 0 aromatic carbocycles. The van der Waals surface area contributed by atoms with Gasteiger partial charge >= 0.3 is 19.5 Å². The largest absolute Gasteiger partial charge is 0.481 e. The van der Waals surface area contributed by atoms with E-state index in [1.807, 2.05) is 0 Å². The minimum absolute atomic E-state index is 0.0807. The molecular weight excluding hydrogens is 251 g/mol. The highest BCUT2D eigenvalue weighted by molar-refractivity contribution is 7.51. The predicted molar refractivity (Wildman–Crippen MR) is 58.4 cm³/mol. The van der Waals surface area contributed by atoms with E-state index in [0.717, 1.165) is 0 Å². The van der Waals surface area contributed by atoms with Crippen molar-refractivity contribution in [3.05, 3.63) is 12.2 Å². The smallest absolute Gasteiger partial charge is 0.333 e. The third-order valence-electron chi connectivity index (χ3n) is 1.96. The zero-order valence-electron chi connectivity index (χ0n) is 9.49. The SMILES string of the molecule is C=C(C)C(=O)OC(C)C(CP(=O)(O)O)C(=O)O. The first-order valence-electron chi connectivity index (χ1n) is 4.68. The lowest BCUT2D eigenvalue weighted by atomic mass is 10.1. The molecule has 0 amide bonds. The molecule has 3 N–H and O–H groups in total. The second-order valence-corrected chi connectivity index (χ2v) is 5.38. The quantitative estimate of drug-likeness (QED) is 0.360. The Bertz CT molecular complexity index is 370. The minimum Gasteiger partial charge on any atom is -0.481 e. The summed E-state index contributed by atoms with van der Waals surface area (Å²) >= 11 is 0. The van der Waals surface area contributed by atoms with Crippen molar-refractivity contribution in [3.63, 3.8) is 0 Å². The lowest BCUT2D eigenvalue weighted by Crippen LogP contribution is -2.33. The highest BCUT2D eigenvalue weighted by Gasteiger charge is 2.34. The van der Waals surface area contributed by atoms with Crippen LogP contribution in [-0.4, -0.2) is 39.1 Å². The Kier molecular flexibility index (Phi) is 5.54. The van der Waals surface area contributed by atoms with E-state index < -0.39 is 37.7 Å². The molecule has 0 aromatic heterocycles. The molecule has 0 rings (SSSR count). The number of hydrogen-bond donors (Lipinski definition) is 3. The van der Waals surface area contributed by atoms with Crippen LogP contribution in [0.3, 0.4) is 0 Å². The number of hydrogen-bond acceptors (Lipinski definition) is 4. The summed E-state index contributed by atoms with van der Waals surface area (Å²) in [6.07, 6.45) is -2.03. The number of esters is 1. The molecule has 0 bridgehead atoms. The van der Waals surface area contributed by atoms with Gasteiger partial charge in [0, 0.05) is 5.57 Å². The number of carboxylic acid groups (broad SMARTS) is 1. The summed E-state index contributed by atoms with van der Waals surface area (Å²) in [6.45, 7) is 5.95. The van der Waals surface area contributed by atoms with E-state index in [4.69, 9.17) is 19.6 Å². The van der Waals surface area contributed by atoms with Crippen LogP contribution < -0.4 is 0 Å². The number of aliphatic carboxylic acids is 1. The van der Waals surface area contributed by atoms with Gasteiger partial charge in [-0.05, 0) is 13.8 Å². The van der Waals surface area contributed by atoms with E-state index in [9.17, 15) is 14.2 Å². The predicted octanol–water partition coefficient (Wildman–Crippen LogP) is 0.373. The third-order valence-corrected chi connectivity index (χ3v) is 2.83. The average molecular weight is 266 g/mol. The second kappa shape index (κ2) is 5.95. The zero-order chi connectivity index (χ0) is 13.8. The van der Waals surface area contributed by atoms with Gasteiger partial charge in [0.05, 0.1) is 6.16 Å². The van der Waals surface area contributed by atoms with Crippen molar-refractivity contribution in [2.75, 3.05) is 6.16 Å². The normalized spacial score (nSPS) is 14.8. The first kappa shape index (κ1) is 15.8. The van der Waals surface area contributed by atoms with Crippen molar-refractivity contribution in [1.29, 1.82) is 0 Å². The molecule has 0 radical (unpaired) electrons. The molecule has 98 valence electrons. The summed E-state index contributed by atoms with van der Waals surface area (Å²) < 4.78 is 15.5. The summed E-state index contributed by atoms with van der Waals surface area (Å²) in [6, 6.07) is 0. The first-order chi connectivity index (χ1) is 7.54. The van der Waals surface area contributed by atoms with Crippen LogP contribution in [0.25, 0.3) is 0 Å². The number of carbonyl (C=O) groups is 2. The molecular formula is C9H15O7P. The number of carbonyl (C=O) groups excluding carboxylic acids is 1. The summed E-state index contributed by atoms with van der Waals surface area (Å²) in [5.74, 6) is -3.69. The molecule has 8 heteroatoms. The van der Waals surface area contributed by atoms with E-state index in [-0.39, 0.29) is 5.57 Å². The van der Waals surface area contributed by atoms with Crippen LogP contribution in [0.15, 0.2) is 12.2 Å². The highest BCUT2D eigenvalue weighted by Crippen LogP contribution is 2.38.